The first-order chi connectivity index (χ1) is 15.4. The summed E-state index contributed by atoms with van der Waals surface area (Å²) in [6.45, 7) is 3.86. The van der Waals surface area contributed by atoms with E-state index in [0.29, 0.717) is 35.1 Å². The van der Waals surface area contributed by atoms with Gasteiger partial charge in [-0.15, -0.1) is 0 Å². The monoisotopic (exact) mass is 462 g/mol. The van der Waals surface area contributed by atoms with E-state index < -0.39 is 5.54 Å². The Hall–Kier alpha value is -2.88. The summed E-state index contributed by atoms with van der Waals surface area (Å²) < 4.78 is 11.3. The second-order valence-corrected chi connectivity index (χ2v) is 8.88. The predicted molar refractivity (Wildman–Crippen MR) is 124 cm³/mol. The number of nitrogens with one attached hydrogen (secondary N) is 3. The molecule has 3 rings (SSSR count). The standard InChI is InChI=1S/C22H30N4O5S/c1-4-17(27)24-21-25-19-15(30-3)11-14(12-16(19)32-21)23-20(29)26-22(9-7-6-8-10-22)13-18(28)31-5-2/h11-12H,4-10,13H2,1-3H3,(H2,23,26,29)(H,24,25,27). The fraction of sp³-hybridized carbons (Fsp3) is 0.545. The molecule has 10 heteroatoms. The van der Waals surface area contributed by atoms with Crippen LogP contribution in [-0.4, -0.2) is 42.1 Å². The summed E-state index contributed by atoms with van der Waals surface area (Å²) in [4.78, 5) is 41.1. The van der Waals surface area contributed by atoms with E-state index >= 15 is 0 Å². The molecule has 0 bridgehead atoms. The van der Waals surface area contributed by atoms with E-state index in [2.05, 4.69) is 20.9 Å². The second kappa shape index (κ2) is 10.6. The molecule has 0 spiro atoms. The molecule has 0 radical (unpaired) electrons. The van der Waals surface area contributed by atoms with Crippen LogP contribution in [0, 0.1) is 0 Å². The summed E-state index contributed by atoms with van der Waals surface area (Å²) >= 11 is 1.30. The van der Waals surface area contributed by atoms with Gasteiger partial charge in [0.05, 0.1) is 30.4 Å². The summed E-state index contributed by atoms with van der Waals surface area (Å²) in [7, 11) is 1.53. The topological polar surface area (TPSA) is 119 Å². The molecule has 2 aromatic rings. The number of methoxy groups -OCH3 is 1. The van der Waals surface area contributed by atoms with Crippen LogP contribution in [0.1, 0.15) is 58.8 Å². The Bertz CT molecular complexity index is 984. The maximum absolute atomic E-state index is 12.9. The number of nitrogens with zero attached hydrogens (tertiary/aromatic N) is 1. The normalized spacial score (nSPS) is 15.1. The van der Waals surface area contributed by atoms with Crippen LogP contribution in [0.5, 0.6) is 5.75 Å². The number of carbonyl (C=O) groups excluding carboxylic acids is 3. The fourth-order valence-corrected chi connectivity index (χ4v) is 4.89. The number of aromatic nitrogens is 1. The van der Waals surface area contributed by atoms with E-state index in [-0.39, 0.29) is 24.3 Å². The van der Waals surface area contributed by atoms with Crippen molar-refractivity contribution in [2.24, 2.45) is 0 Å². The summed E-state index contributed by atoms with van der Waals surface area (Å²) in [5, 5.41) is 9.11. The van der Waals surface area contributed by atoms with E-state index in [1.165, 1.54) is 18.4 Å². The lowest BCUT2D eigenvalue weighted by Crippen LogP contribution is -2.52. The fourth-order valence-electron chi connectivity index (χ4n) is 3.95. The average molecular weight is 463 g/mol. The third-order valence-electron chi connectivity index (χ3n) is 5.48. The highest BCUT2D eigenvalue weighted by molar-refractivity contribution is 7.22. The average Bonchev–Trinajstić information content (AvgIpc) is 3.15. The maximum atomic E-state index is 12.9. The van der Waals surface area contributed by atoms with Crippen LogP contribution in [0.15, 0.2) is 12.1 Å². The first-order valence-electron chi connectivity index (χ1n) is 10.9. The lowest BCUT2D eigenvalue weighted by Gasteiger charge is -2.37. The number of rotatable bonds is 8. The highest BCUT2D eigenvalue weighted by Gasteiger charge is 2.36. The quantitative estimate of drug-likeness (QED) is 0.499. The molecule has 32 heavy (non-hydrogen) atoms. The van der Waals surface area contributed by atoms with Crippen LogP contribution in [0.4, 0.5) is 15.6 Å². The molecule has 3 N–H and O–H groups in total. The number of fused-ring (bicyclic) bond motifs is 1. The minimum atomic E-state index is -0.606. The SMILES string of the molecule is CCOC(=O)CC1(NC(=O)Nc2cc(OC)c3nc(NC(=O)CC)sc3c2)CCCCC1. The van der Waals surface area contributed by atoms with Crippen molar-refractivity contribution in [2.75, 3.05) is 24.4 Å². The van der Waals surface area contributed by atoms with E-state index in [1.54, 1.807) is 26.0 Å². The number of thiazole rings is 1. The Morgan fingerprint density at radius 1 is 1.12 bits per heavy atom. The molecule has 0 saturated heterocycles. The highest BCUT2D eigenvalue weighted by Crippen LogP contribution is 2.36. The Kier molecular flexibility index (Phi) is 7.89. The maximum Gasteiger partial charge on any atom is 0.319 e. The molecule has 1 aromatic carbocycles. The minimum absolute atomic E-state index is 0.125. The number of amides is 3. The zero-order chi connectivity index (χ0) is 23.1. The molecule has 1 heterocycles. The van der Waals surface area contributed by atoms with Gasteiger partial charge in [-0.05, 0) is 25.8 Å². The number of anilines is 2. The Balaban J connectivity index is 1.77. The Labute approximate surface area is 191 Å². The van der Waals surface area contributed by atoms with Gasteiger partial charge in [0.15, 0.2) is 5.13 Å². The smallest absolute Gasteiger partial charge is 0.319 e. The van der Waals surface area contributed by atoms with Crippen LogP contribution < -0.4 is 20.7 Å². The molecule has 1 aromatic heterocycles. The van der Waals surface area contributed by atoms with Gasteiger partial charge in [0.25, 0.3) is 0 Å². The molecule has 1 aliphatic rings. The van der Waals surface area contributed by atoms with E-state index in [1.807, 2.05) is 0 Å². The molecule has 1 saturated carbocycles. The molecule has 1 aliphatic carbocycles. The van der Waals surface area contributed by atoms with Gasteiger partial charge >= 0.3 is 12.0 Å². The molecule has 0 atom stereocenters. The van der Waals surface area contributed by atoms with Gasteiger partial charge in [-0.2, -0.15) is 0 Å². The van der Waals surface area contributed by atoms with Gasteiger partial charge in [-0.1, -0.05) is 37.5 Å². The number of hydrogen-bond acceptors (Lipinski definition) is 7. The largest absolute Gasteiger partial charge is 0.494 e. The number of hydrogen-bond donors (Lipinski definition) is 3. The Morgan fingerprint density at radius 2 is 1.88 bits per heavy atom. The number of carbonyl (C=O) groups is 3. The van der Waals surface area contributed by atoms with E-state index in [0.717, 1.165) is 36.8 Å². The summed E-state index contributed by atoms with van der Waals surface area (Å²) in [5.74, 6) is 0.0641. The zero-order valence-corrected chi connectivity index (χ0v) is 19.5. The van der Waals surface area contributed by atoms with Crippen LogP contribution in [-0.2, 0) is 14.3 Å². The van der Waals surface area contributed by atoms with Gasteiger partial charge in [-0.3, -0.25) is 9.59 Å². The van der Waals surface area contributed by atoms with Crippen LogP contribution in [0.2, 0.25) is 0 Å². The molecule has 174 valence electrons. The minimum Gasteiger partial charge on any atom is -0.494 e. The molecule has 0 unspecified atom stereocenters. The van der Waals surface area contributed by atoms with Gasteiger partial charge < -0.3 is 25.4 Å². The van der Waals surface area contributed by atoms with Crippen molar-refractivity contribution in [1.82, 2.24) is 10.3 Å². The van der Waals surface area contributed by atoms with Crippen molar-refractivity contribution in [2.45, 2.75) is 64.3 Å². The van der Waals surface area contributed by atoms with Crippen molar-refractivity contribution in [3.05, 3.63) is 12.1 Å². The van der Waals surface area contributed by atoms with Gasteiger partial charge in [0.1, 0.15) is 11.3 Å². The number of urea groups is 1. The van der Waals surface area contributed by atoms with E-state index in [9.17, 15) is 14.4 Å². The first kappa shape index (κ1) is 23.8. The lowest BCUT2D eigenvalue weighted by molar-refractivity contribution is -0.145. The van der Waals surface area contributed by atoms with E-state index in [4.69, 9.17) is 9.47 Å². The number of benzene rings is 1. The Morgan fingerprint density at radius 3 is 2.53 bits per heavy atom. The summed E-state index contributed by atoms with van der Waals surface area (Å²) in [5.41, 5.74) is 0.539. The zero-order valence-electron chi connectivity index (χ0n) is 18.7. The molecular weight excluding hydrogens is 432 g/mol. The molecule has 3 amide bonds. The highest BCUT2D eigenvalue weighted by atomic mass is 32.1. The molecule has 0 aliphatic heterocycles. The van der Waals surface area contributed by atoms with Crippen molar-refractivity contribution < 1.29 is 23.9 Å². The first-order valence-corrected chi connectivity index (χ1v) is 11.7. The van der Waals surface area contributed by atoms with Crippen LogP contribution >= 0.6 is 11.3 Å². The second-order valence-electron chi connectivity index (χ2n) is 7.85. The van der Waals surface area contributed by atoms with Crippen molar-refractivity contribution >= 4 is 50.3 Å². The van der Waals surface area contributed by atoms with Gasteiger partial charge in [0.2, 0.25) is 5.91 Å². The third-order valence-corrected chi connectivity index (χ3v) is 6.40. The summed E-state index contributed by atoms with van der Waals surface area (Å²) in [6, 6.07) is 3.09. The number of esters is 1. The third kappa shape index (κ3) is 5.87. The van der Waals surface area contributed by atoms with Crippen molar-refractivity contribution in [1.29, 1.82) is 0 Å². The summed E-state index contributed by atoms with van der Waals surface area (Å²) in [6.07, 6.45) is 4.97. The lowest BCUT2D eigenvalue weighted by atomic mass is 9.79. The van der Waals surface area contributed by atoms with Crippen molar-refractivity contribution in [3.63, 3.8) is 0 Å². The number of ether oxygens (including phenoxy) is 2. The van der Waals surface area contributed by atoms with Crippen LogP contribution in [0.3, 0.4) is 0 Å². The van der Waals surface area contributed by atoms with Crippen molar-refractivity contribution in [3.8, 4) is 5.75 Å². The van der Waals surface area contributed by atoms with Gasteiger partial charge in [-0.25, -0.2) is 9.78 Å². The van der Waals surface area contributed by atoms with Crippen LogP contribution in [0.25, 0.3) is 10.2 Å². The predicted octanol–water partition coefficient (Wildman–Crippen LogP) is 4.43. The molecular formula is C22H30N4O5S. The van der Waals surface area contributed by atoms with Gasteiger partial charge in [0, 0.05) is 18.2 Å². The molecule has 1 fully saturated rings. The molecule has 9 nitrogen and oxygen atoms in total.